The van der Waals surface area contributed by atoms with E-state index < -0.39 is 0 Å². The SMILES string of the molecule is CC1(CNC(=O)c2ccnc(-c3cnn4ccc(-c5cccs5)nc34)c2)CCCN1. The minimum absolute atomic E-state index is 0.0317. The summed E-state index contributed by atoms with van der Waals surface area (Å²) in [6, 6.07) is 9.54. The zero-order chi connectivity index (χ0) is 20.6. The topological polar surface area (TPSA) is 84.2 Å². The first-order valence-corrected chi connectivity index (χ1v) is 10.9. The molecule has 30 heavy (non-hydrogen) atoms. The summed E-state index contributed by atoms with van der Waals surface area (Å²) < 4.78 is 1.73. The third kappa shape index (κ3) is 3.59. The molecule has 4 aromatic rings. The van der Waals surface area contributed by atoms with Gasteiger partial charge in [-0.1, -0.05) is 6.07 Å². The molecule has 1 aliphatic rings. The second kappa shape index (κ2) is 7.62. The molecule has 1 aliphatic heterocycles. The average molecular weight is 419 g/mol. The van der Waals surface area contributed by atoms with Gasteiger partial charge in [0.05, 0.1) is 28.0 Å². The van der Waals surface area contributed by atoms with Crippen LogP contribution in [0.2, 0.25) is 0 Å². The Balaban J connectivity index is 1.43. The molecule has 1 fully saturated rings. The molecule has 2 N–H and O–H groups in total. The van der Waals surface area contributed by atoms with Crippen LogP contribution < -0.4 is 10.6 Å². The minimum Gasteiger partial charge on any atom is -0.350 e. The van der Waals surface area contributed by atoms with Gasteiger partial charge in [0.25, 0.3) is 5.91 Å². The number of hydrogen-bond donors (Lipinski definition) is 2. The molecule has 0 spiro atoms. The van der Waals surface area contributed by atoms with Crippen LogP contribution in [-0.2, 0) is 0 Å². The summed E-state index contributed by atoms with van der Waals surface area (Å²) in [5.74, 6) is -0.0997. The molecule has 7 nitrogen and oxygen atoms in total. The molecule has 0 radical (unpaired) electrons. The number of rotatable bonds is 5. The van der Waals surface area contributed by atoms with Crippen molar-refractivity contribution >= 4 is 22.9 Å². The Morgan fingerprint density at radius 2 is 2.27 bits per heavy atom. The molecule has 0 aliphatic carbocycles. The van der Waals surface area contributed by atoms with Crippen molar-refractivity contribution in [3.63, 3.8) is 0 Å². The van der Waals surface area contributed by atoms with Crippen molar-refractivity contribution in [1.29, 1.82) is 0 Å². The zero-order valence-electron chi connectivity index (χ0n) is 16.6. The molecule has 1 amide bonds. The maximum Gasteiger partial charge on any atom is 0.251 e. The Kier molecular flexibility index (Phi) is 4.80. The van der Waals surface area contributed by atoms with E-state index in [0.29, 0.717) is 23.4 Å². The molecule has 1 saturated heterocycles. The van der Waals surface area contributed by atoms with Crippen molar-refractivity contribution in [3.8, 4) is 21.8 Å². The van der Waals surface area contributed by atoms with Gasteiger partial charge in [-0.15, -0.1) is 11.3 Å². The lowest BCUT2D eigenvalue weighted by Crippen LogP contribution is -2.47. The van der Waals surface area contributed by atoms with Crippen molar-refractivity contribution in [1.82, 2.24) is 30.2 Å². The normalized spacial score (nSPS) is 18.7. The van der Waals surface area contributed by atoms with Crippen LogP contribution in [0, 0.1) is 0 Å². The molecule has 0 saturated carbocycles. The Morgan fingerprint density at radius 3 is 3.07 bits per heavy atom. The fraction of sp³-hybridized carbons (Fsp3) is 0.273. The molecule has 1 unspecified atom stereocenters. The fourth-order valence-corrected chi connectivity index (χ4v) is 4.51. The summed E-state index contributed by atoms with van der Waals surface area (Å²) in [7, 11) is 0. The number of aromatic nitrogens is 4. The summed E-state index contributed by atoms with van der Waals surface area (Å²) in [6.45, 7) is 3.75. The lowest BCUT2D eigenvalue weighted by atomic mass is 10.0. The molecule has 0 aromatic carbocycles. The van der Waals surface area contributed by atoms with Crippen molar-refractivity contribution in [2.24, 2.45) is 0 Å². The Morgan fingerprint density at radius 1 is 1.33 bits per heavy atom. The first-order chi connectivity index (χ1) is 14.6. The Bertz CT molecular complexity index is 1190. The first-order valence-electron chi connectivity index (χ1n) is 9.99. The van der Waals surface area contributed by atoms with Crippen LogP contribution >= 0.6 is 11.3 Å². The lowest BCUT2D eigenvalue weighted by molar-refractivity contribution is 0.0942. The molecule has 5 rings (SSSR count). The number of nitrogens with zero attached hydrogens (tertiary/aromatic N) is 4. The van der Waals surface area contributed by atoms with E-state index in [-0.39, 0.29) is 11.4 Å². The second-order valence-corrected chi connectivity index (χ2v) is 8.77. The van der Waals surface area contributed by atoms with Gasteiger partial charge >= 0.3 is 0 Å². The number of thiophene rings is 1. The number of carbonyl (C=O) groups excluding carboxylic acids is 1. The van der Waals surface area contributed by atoms with Crippen LogP contribution in [0.4, 0.5) is 0 Å². The van der Waals surface area contributed by atoms with Crippen molar-refractivity contribution < 1.29 is 4.79 Å². The highest BCUT2D eigenvalue weighted by Crippen LogP contribution is 2.27. The molecule has 4 aromatic heterocycles. The number of pyridine rings is 1. The lowest BCUT2D eigenvalue weighted by Gasteiger charge is -2.24. The summed E-state index contributed by atoms with van der Waals surface area (Å²) in [4.78, 5) is 23.1. The van der Waals surface area contributed by atoms with E-state index in [1.807, 2.05) is 29.8 Å². The molecular formula is C22H22N6OS. The maximum atomic E-state index is 12.7. The largest absolute Gasteiger partial charge is 0.350 e. The van der Waals surface area contributed by atoms with Crippen molar-refractivity contribution in [2.75, 3.05) is 13.1 Å². The third-order valence-electron chi connectivity index (χ3n) is 5.54. The van der Waals surface area contributed by atoms with Gasteiger partial charge in [-0.25, -0.2) is 9.50 Å². The van der Waals surface area contributed by atoms with E-state index in [1.54, 1.807) is 40.4 Å². The van der Waals surface area contributed by atoms with E-state index in [2.05, 4.69) is 27.6 Å². The average Bonchev–Trinajstić information content (AvgIpc) is 3.53. The summed E-state index contributed by atoms with van der Waals surface area (Å²) in [5.41, 5.74) is 3.64. The van der Waals surface area contributed by atoms with Crippen LogP contribution in [0.1, 0.15) is 30.1 Å². The predicted molar refractivity (Wildman–Crippen MR) is 118 cm³/mol. The van der Waals surface area contributed by atoms with Gasteiger partial charge in [0.15, 0.2) is 5.65 Å². The van der Waals surface area contributed by atoms with Crippen LogP contribution in [-0.4, -0.2) is 44.1 Å². The van der Waals surface area contributed by atoms with Gasteiger partial charge < -0.3 is 10.6 Å². The predicted octanol–water partition coefficient (Wildman–Crippen LogP) is 3.39. The minimum atomic E-state index is -0.0997. The number of nitrogens with one attached hydrogen (secondary N) is 2. The van der Waals surface area contributed by atoms with Crippen LogP contribution in [0.5, 0.6) is 0 Å². The molecule has 152 valence electrons. The molecule has 1 atom stereocenters. The highest BCUT2D eigenvalue weighted by molar-refractivity contribution is 7.13. The number of amides is 1. The Labute approximate surface area is 178 Å². The van der Waals surface area contributed by atoms with Gasteiger partial charge in [-0.2, -0.15) is 5.10 Å². The zero-order valence-corrected chi connectivity index (χ0v) is 17.4. The van der Waals surface area contributed by atoms with Crippen LogP contribution in [0.25, 0.3) is 27.5 Å². The van der Waals surface area contributed by atoms with E-state index in [0.717, 1.165) is 35.5 Å². The van der Waals surface area contributed by atoms with Crippen LogP contribution in [0.3, 0.4) is 0 Å². The molecule has 0 bridgehead atoms. The van der Waals surface area contributed by atoms with E-state index in [1.165, 1.54) is 0 Å². The molecule has 8 heteroatoms. The highest BCUT2D eigenvalue weighted by atomic mass is 32.1. The molecule has 5 heterocycles. The standard InChI is InChI=1S/C22H22N6OS/c1-22(7-3-8-25-22)14-24-21(29)15-5-9-23-18(12-15)16-13-26-28-10-6-17(27-20(16)28)19-4-2-11-30-19/h2,4-6,9-13,25H,3,7-8,14H2,1H3,(H,24,29). The fourth-order valence-electron chi connectivity index (χ4n) is 3.82. The van der Waals surface area contributed by atoms with Gasteiger partial charge in [-0.3, -0.25) is 9.78 Å². The quantitative estimate of drug-likeness (QED) is 0.519. The van der Waals surface area contributed by atoms with Gasteiger partial charge in [0.1, 0.15) is 0 Å². The Hall–Kier alpha value is -3.10. The van der Waals surface area contributed by atoms with Gasteiger partial charge in [0.2, 0.25) is 0 Å². The maximum absolute atomic E-state index is 12.7. The first kappa shape index (κ1) is 18.9. The highest BCUT2D eigenvalue weighted by Gasteiger charge is 2.28. The summed E-state index contributed by atoms with van der Waals surface area (Å²) >= 11 is 1.64. The second-order valence-electron chi connectivity index (χ2n) is 7.82. The van der Waals surface area contributed by atoms with E-state index in [9.17, 15) is 4.79 Å². The number of carbonyl (C=O) groups is 1. The third-order valence-corrected chi connectivity index (χ3v) is 6.43. The summed E-state index contributed by atoms with van der Waals surface area (Å²) in [5, 5.41) is 12.9. The van der Waals surface area contributed by atoms with Crippen LogP contribution in [0.15, 0.2) is 54.3 Å². The van der Waals surface area contributed by atoms with Crippen molar-refractivity contribution in [3.05, 3.63) is 59.9 Å². The monoisotopic (exact) mass is 418 g/mol. The van der Waals surface area contributed by atoms with Crippen molar-refractivity contribution in [2.45, 2.75) is 25.3 Å². The smallest absolute Gasteiger partial charge is 0.251 e. The van der Waals surface area contributed by atoms with E-state index >= 15 is 0 Å². The van der Waals surface area contributed by atoms with E-state index in [4.69, 9.17) is 4.98 Å². The number of fused-ring (bicyclic) bond motifs is 1. The summed E-state index contributed by atoms with van der Waals surface area (Å²) in [6.07, 6.45) is 7.50. The van der Waals surface area contributed by atoms with Gasteiger partial charge in [0, 0.05) is 30.0 Å². The molecular weight excluding hydrogens is 396 g/mol. The van der Waals surface area contributed by atoms with Gasteiger partial charge in [-0.05, 0) is 56.0 Å². The number of hydrogen-bond acceptors (Lipinski definition) is 6.